The molecule has 1 aromatic rings. The highest BCUT2D eigenvalue weighted by atomic mass is 35.5. The molecule has 1 amide bonds. The lowest BCUT2D eigenvalue weighted by Gasteiger charge is -2.47. The van der Waals surface area contributed by atoms with Gasteiger partial charge in [0, 0.05) is 38.3 Å². The van der Waals surface area contributed by atoms with Gasteiger partial charge >= 0.3 is 6.09 Å². The summed E-state index contributed by atoms with van der Waals surface area (Å²) in [6.45, 7) is 10.9. The van der Waals surface area contributed by atoms with Crippen molar-refractivity contribution in [3.05, 3.63) is 33.8 Å². The normalized spacial score (nSPS) is 21.2. The average molecular weight is 488 g/mol. The van der Waals surface area contributed by atoms with Crippen LogP contribution in [0.2, 0.25) is 10.0 Å². The van der Waals surface area contributed by atoms with E-state index in [0.29, 0.717) is 35.3 Å². The predicted molar refractivity (Wildman–Crippen MR) is 129 cm³/mol. The summed E-state index contributed by atoms with van der Waals surface area (Å²) in [5.74, 6) is 0.155. The monoisotopic (exact) mass is 487 g/mol. The summed E-state index contributed by atoms with van der Waals surface area (Å²) < 4.78 is 13.4. The molecule has 2 saturated heterocycles. The Morgan fingerprint density at radius 2 is 1.88 bits per heavy atom. The van der Waals surface area contributed by atoms with Crippen LogP contribution in [0.1, 0.15) is 57.9 Å². The van der Waals surface area contributed by atoms with Crippen LogP contribution in [-0.4, -0.2) is 72.0 Å². The Hall–Kier alpha value is -1.08. The third kappa shape index (κ3) is 6.96. The number of likely N-dealkylation sites (tertiary alicyclic amines) is 2. The molecule has 32 heavy (non-hydrogen) atoms. The SMILES string of the molecule is CC(C)(C)C(C[C@H](CCN1CC(N2CCC(F)CC2)C1)c1ccc(Cl)c(Cl)c1)NC(=O)O. The zero-order chi connectivity index (χ0) is 23.5. The number of carbonyl (C=O) groups is 1. The number of benzene rings is 1. The van der Waals surface area contributed by atoms with Crippen LogP contribution in [0.25, 0.3) is 0 Å². The van der Waals surface area contributed by atoms with Crippen molar-refractivity contribution in [3.63, 3.8) is 0 Å². The number of nitrogens with zero attached hydrogens (tertiary/aromatic N) is 2. The molecule has 1 aromatic carbocycles. The summed E-state index contributed by atoms with van der Waals surface area (Å²) in [6, 6.07) is 6.07. The van der Waals surface area contributed by atoms with Crippen molar-refractivity contribution >= 4 is 29.3 Å². The van der Waals surface area contributed by atoms with Gasteiger partial charge in [-0.15, -0.1) is 0 Å². The lowest BCUT2D eigenvalue weighted by atomic mass is 9.78. The van der Waals surface area contributed by atoms with E-state index in [1.165, 1.54) is 0 Å². The van der Waals surface area contributed by atoms with E-state index in [1.54, 1.807) is 0 Å². The number of alkyl halides is 1. The Labute approximate surface area is 201 Å². The second-order valence-corrected chi connectivity index (χ2v) is 11.2. The molecule has 2 atom stereocenters. The van der Waals surface area contributed by atoms with E-state index in [2.05, 4.69) is 35.9 Å². The first-order valence-corrected chi connectivity index (χ1v) is 12.3. The molecule has 0 aromatic heterocycles. The Balaban J connectivity index is 1.62. The highest BCUT2D eigenvalue weighted by Crippen LogP contribution is 2.35. The lowest BCUT2D eigenvalue weighted by Crippen LogP contribution is -2.60. The average Bonchev–Trinajstić information content (AvgIpc) is 2.67. The third-order valence-electron chi connectivity index (χ3n) is 6.99. The molecule has 2 aliphatic heterocycles. The molecule has 2 N–H and O–H groups in total. The number of hydrogen-bond donors (Lipinski definition) is 2. The highest BCUT2D eigenvalue weighted by Gasteiger charge is 2.35. The molecule has 5 nitrogen and oxygen atoms in total. The van der Waals surface area contributed by atoms with Crippen molar-refractivity contribution in [2.75, 3.05) is 32.7 Å². The van der Waals surface area contributed by atoms with Crippen molar-refractivity contribution in [2.24, 2.45) is 5.41 Å². The molecular formula is C24H36Cl2FN3O2. The van der Waals surface area contributed by atoms with Crippen molar-refractivity contribution < 1.29 is 14.3 Å². The fraction of sp³-hybridized carbons (Fsp3) is 0.708. The maximum Gasteiger partial charge on any atom is 0.404 e. The van der Waals surface area contributed by atoms with Gasteiger partial charge in [-0.05, 0) is 61.3 Å². The Morgan fingerprint density at radius 1 is 1.22 bits per heavy atom. The van der Waals surface area contributed by atoms with Crippen molar-refractivity contribution in [1.82, 2.24) is 15.1 Å². The number of carboxylic acid groups (broad SMARTS) is 1. The Kier molecular flexibility index (Phi) is 8.70. The van der Waals surface area contributed by atoms with Gasteiger partial charge < -0.3 is 15.3 Å². The van der Waals surface area contributed by atoms with Gasteiger partial charge in [0.25, 0.3) is 0 Å². The van der Waals surface area contributed by atoms with Crippen molar-refractivity contribution in [3.8, 4) is 0 Å². The highest BCUT2D eigenvalue weighted by molar-refractivity contribution is 6.42. The van der Waals surface area contributed by atoms with Gasteiger partial charge in [0.1, 0.15) is 6.17 Å². The smallest absolute Gasteiger partial charge is 0.404 e. The minimum Gasteiger partial charge on any atom is -0.465 e. The number of rotatable bonds is 8. The molecule has 2 heterocycles. The van der Waals surface area contributed by atoms with E-state index < -0.39 is 12.3 Å². The molecule has 1 unspecified atom stereocenters. The molecule has 2 aliphatic rings. The molecule has 0 radical (unpaired) electrons. The maximum atomic E-state index is 13.4. The first-order chi connectivity index (χ1) is 15.0. The van der Waals surface area contributed by atoms with Crippen LogP contribution >= 0.6 is 23.2 Å². The summed E-state index contributed by atoms with van der Waals surface area (Å²) in [5, 5.41) is 13.1. The molecule has 2 fully saturated rings. The van der Waals surface area contributed by atoms with Crippen LogP contribution in [0.4, 0.5) is 9.18 Å². The first kappa shape index (κ1) is 25.5. The second kappa shape index (κ2) is 10.9. The van der Waals surface area contributed by atoms with Crippen LogP contribution in [0.5, 0.6) is 0 Å². The zero-order valence-corrected chi connectivity index (χ0v) is 20.8. The summed E-state index contributed by atoms with van der Waals surface area (Å²) >= 11 is 12.4. The fourth-order valence-corrected chi connectivity index (χ4v) is 5.08. The number of hydrogen-bond acceptors (Lipinski definition) is 3. The predicted octanol–water partition coefficient (Wildman–Crippen LogP) is 5.66. The quantitative estimate of drug-likeness (QED) is 0.496. The van der Waals surface area contributed by atoms with Crippen molar-refractivity contribution in [1.29, 1.82) is 0 Å². The minimum absolute atomic E-state index is 0.155. The molecule has 0 spiro atoms. The van der Waals surface area contributed by atoms with Crippen LogP contribution in [0, 0.1) is 5.41 Å². The van der Waals surface area contributed by atoms with Gasteiger partial charge in [0.15, 0.2) is 0 Å². The van der Waals surface area contributed by atoms with E-state index in [9.17, 15) is 14.3 Å². The van der Waals surface area contributed by atoms with E-state index >= 15 is 0 Å². The molecule has 3 rings (SSSR count). The molecule has 180 valence electrons. The van der Waals surface area contributed by atoms with Gasteiger partial charge in [-0.1, -0.05) is 50.0 Å². The molecule has 8 heteroatoms. The fourth-order valence-electron chi connectivity index (χ4n) is 4.78. The maximum absolute atomic E-state index is 13.4. The first-order valence-electron chi connectivity index (χ1n) is 11.6. The van der Waals surface area contributed by atoms with Gasteiger partial charge in [0.2, 0.25) is 0 Å². The van der Waals surface area contributed by atoms with E-state index in [1.807, 2.05) is 18.2 Å². The van der Waals surface area contributed by atoms with E-state index in [0.717, 1.165) is 44.7 Å². The number of nitrogens with one attached hydrogen (secondary N) is 1. The number of halogens is 3. The van der Waals surface area contributed by atoms with Crippen molar-refractivity contribution in [2.45, 2.75) is 70.6 Å². The molecular weight excluding hydrogens is 452 g/mol. The van der Waals surface area contributed by atoms with Gasteiger partial charge in [-0.25, -0.2) is 9.18 Å². The number of amides is 1. The zero-order valence-electron chi connectivity index (χ0n) is 19.3. The topological polar surface area (TPSA) is 55.8 Å². The molecule has 0 aliphatic carbocycles. The van der Waals surface area contributed by atoms with E-state index in [-0.39, 0.29) is 17.4 Å². The molecule has 0 bridgehead atoms. The van der Waals surface area contributed by atoms with Gasteiger partial charge in [0.05, 0.1) is 10.0 Å². The summed E-state index contributed by atoms with van der Waals surface area (Å²) in [6.07, 6.45) is 1.27. The minimum atomic E-state index is -1.000. The van der Waals surface area contributed by atoms with Crippen LogP contribution in [0.3, 0.4) is 0 Å². The van der Waals surface area contributed by atoms with Gasteiger partial charge in [-0.3, -0.25) is 4.90 Å². The standard InChI is InChI=1S/C24H36Cl2FN3O2/c1-24(2,3)22(28-23(31)32)13-17(16-4-5-20(25)21(26)12-16)6-9-29-14-19(15-29)30-10-7-18(27)8-11-30/h4-5,12,17-19,22,28H,6-11,13-15H2,1-3H3,(H,31,32)/t17-,22?/m0/s1. The second-order valence-electron chi connectivity index (χ2n) is 10.4. The van der Waals surface area contributed by atoms with Crippen LogP contribution in [-0.2, 0) is 0 Å². The largest absolute Gasteiger partial charge is 0.465 e. The molecule has 0 saturated carbocycles. The Bertz CT molecular complexity index is 775. The summed E-state index contributed by atoms with van der Waals surface area (Å²) in [5.41, 5.74) is 0.875. The van der Waals surface area contributed by atoms with E-state index in [4.69, 9.17) is 23.2 Å². The third-order valence-corrected chi connectivity index (χ3v) is 7.72. The van der Waals surface area contributed by atoms with Crippen LogP contribution in [0.15, 0.2) is 18.2 Å². The number of piperidine rings is 1. The van der Waals surface area contributed by atoms with Crippen LogP contribution < -0.4 is 5.32 Å². The summed E-state index contributed by atoms with van der Waals surface area (Å²) in [7, 11) is 0. The summed E-state index contributed by atoms with van der Waals surface area (Å²) in [4.78, 5) is 16.3. The van der Waals surface area contributed by atoms with Gasteiger partial charge in [-0.2, -0.15) is 0 Å². The Morgan fingerprint density at radius 3 is 2.44 bits per heavy atom. The lowest BCUT2D eigenvalue weighted by molar-refractivity contribution is 0.00863.